The van der Waals surface area contributed by atoms with Gasteiger partial charge >= 0.3 is 0 Å². The number of ketones is 1. The van der Waals surface area contributed by atoms with Crippen LogP contribution >= 0.6 is 0 Å². The Morgan fingerprint density at radius 1 is 0.895 bits per heavy atom. The highest BCUT2D eigenvalue weighted by molar-refractivity contribution is 6.52. The number of aliphatic hydroxyl groups is 1. The van der Waals surface area contributed by atoms with Crippen LogP contribution in [0.5, 0.6) is 5.75 Å². The summed E-state index contributed by atoms with van der Waals surface area (Å²) >= 11 is 0. The molecule has 0 spiro atoms. The van der Waals surface area contributed by atoms with Gasteiger partial charge in [-0.3, -0.25) is 14.5 Å². The first-order valence-corrected chi connectivity index (χ1v) is 12.8. The van der Waals surface area contributed by atoms with Crippen molar-refractivity contribution in [3.05, 3.63) is 113 Å². The van der Waals surface area contributed by atoms with Crippen LogP contribution < -0.4 is 9.64 Å². The number of nitrogens with zero attached hydrogens (tertiary/aromatic N) is 1. The van der Waals surface area contributed by atoms with Gasteiger partial charge in [0.2, 0.25) is 0 Å². The van der Waals surface area contributed by atoms with Crippen molar-refractivity contribution in [2.24, 2.45) is 0 Å². The van der Waals surface area contributed by atoms with Crippen molar-refractivity contribution in [1.82, 2.24) is 0 Å². The van der Waals surface area contributed by atoms with E-state index in [4.69, 9.17) is 4.74 Å². The summed E-state index contributed by atoms with van der Waals surface area (Å²) in [4.78, 5) is 28.8. The van der Waals surface area contributed by atoms with Crippen molar-refractivity contribution in [2.75, 3.05) is 11.5 Å². The molecule has 5 heteroatoms. The van der Waals surface area contributed by atoms with Crippen LogP contribution in [0, 0.1) is 0 Å². The van der Waals surface area contributed by atoms with Crippen LogP contribution in [0.1, 0.15) is 50.4 Å². The van der Waals surface area contributed by atoms with Gasteiger partial charge in [0.15, 0.2) is 0 Å². The number of fused-ring (bicyclic) bond motifs is 1. The fourth-order valence-electron chi connectivity index (χ4n) is 5.04. The van der Waals surface area contributed by atoms with Crippen LogP contribution in [0.2, 0.25) is 0 Å². The zero-order chi connectivity index (χ0) is 27.0. The van der Waals surface area contributed by atoms with Gasteiger partial charge in [0.1, 0.15) is 11.5 Å². The Balaban J connectivity index is 1.74. The van der Waals surface area contributed by atoms with Gasteiger partial charge in [0, 0.05) is 10.9 Å². The number of anilines is 1. The molecule has 1 aliphatic rings. The maximum Gasteiger partial charge on any atom is 0.300 e. The van der Waals surface area contributed by atoms with Crippen molar-refractivity contribution in [2.45, 2.75) is 39.2 Å². The van der Waals surface area contributed by atoms with Crippen molar-refractivity contribution in [3.63, 3.8) is 0 Å². The first-order valence-electron chi connectivity index (χ1n) is 12.8. The maximum atomic E-state index is 13.7. The van der Waals surface area contributed by atoms with Gasteiger partial charge in [-0.2, -0.15) is 0 Å². The lowest BCUT2D eigenvalue weighted by Gasteiger charge is -2.27. The van der Waals surface area contributed by atoms with Gasteiger partial charge in [-0.1, -0.05) is 93.6 Å². The molecule has 0 radical (unpaired) electrons. The van der Waals surface area contributed by atoms with Crippen LogP contribution in [-0.4, -0.2) is 23.4 Å². The van der Waals surface area contributed by atoms with E-state index >= 15 is 0 Å². The molecule has 1 fully saturated rings. The molecule has 1 N–H and O–H groups in total. The predicted octanol–water partition coefficient (Wildman–Crippen LogP) is 7.16. The normalized spacial score (nSPS) is 17.3. The zero-order valence-corrected chi connectivity index (χ0v) is 22.1. The molecule has 38 heavy (non-hydrogen) atoms. The highest BCUT2D eigenvalue weighted by atomic mass is 16.5. The fraction of sp³-hybridized carbons (Fsp3) is 0.212. The number of carbonyl (C=O) groups excluding carboxylic acids is 2. The number of Topliss-reactive ketones (excluding diaryl/α,β-unsaturated/α-hetero) is 1. The van der Waals surface area contributed by atoms with E-state index < -0.39 is 17.7 Å². The fourth-order valence-corrected chi connectivity index (χ4v) is 5.04. The quantitative estimate of drug-likeness (QED) is 0.177. The lowest BCUT2D eigenvalue weighted by molar-refractivity contribution is -0.132. The Morgan fingerprint density at radius 3 is 2.29 bits per heavy atom. The minimum atomic E-state index is -0.800. The summed E-state index contributed by atoms with van der Waals surface area (Å²) in [6, 6.07) is 27.5. The molecule has 5 nitrogen and oxygen atoms in total. The molecule has 192 valence electrons. The Bertz CT molecular complexity index is 1550. The number of benzene rings is 4. The highest BCUT2D eigenvalue weighted by Gasteiger charge is 2.47. The monoisotopic (exact) mass is 505 g/mol. The summed E-state index contributed by atoms with van der Waals surface area (Å²) in [6.07, 6.45) is 0. The summed E-state index contributed by atoms with van der Waals surface area (Å²) in [5.41, 5.74) is 2.91. The first kappa shape index (κ1) is 25.3. The third kappa shape index (κ3) is 4.45. The molecule has 4 aromatic rings. The molecule has 1 atom stereocenters. The Morgan fingerprint density at radius 2 is 1.58 bits per heavy atom. The van der Waals surface area contributed by atoms with E-state index in [-0.39, 0.29) is 16.7 Å². The van der Waals surface area contributed by atoms with Gasteiger partial charge in [-0.25, -0.2) is 0 Å². The molecular formula is C33H31NO4. The third-order valence-corrected chi connectivity index (χ3v) is 6.98. The molecule has 0 saturated carbocycles. The van der Waals surface area contributed by atoms with E-state index in [0.29, 0.717) is 23.6 Å². The van der Waals surface area contributed by atoms with Gasteiger partial charge in [-0.05, 0) is 47.1 Å². The maximum absolute atomic E-state index is 13.7. The summed E-state index contributed by atoms with van der Waals surface area (Å²) in [7, 11) is 0. The van der Waals surface area contributed by atoms with E-state index in [0.717, 1.165) is 21.9 Å². The second-order valence-corrected chi connectivity index (χ2v) is 10.5. The van der Waals surface area contributed by atoms with Crippen molar-refractivity contribution in [3.8, 4) is 5.75 Å². The SMILES string of the molecule is CCOc1cccc(/C(O)=C2\C(=O)C(=O)N(c3cccc4ccccc34)C2c2ccc(C(C)(C)C)cc2)c1. The number of aliphatic hydroxyl groups excluding tert-OH is 1. The topological polar surface area (TPSA) is 66.8 Å². The van der Waals surface area contributed by atoms with Crippen LogP contribution in [0.25, 0.3) is 16.5 Å². The Labute approximate surface area is 223 Å². The summed E-state index contributed by atoms with van der Waals surface area (Å²) in [5.74, 6) is -1.04. The third-order valence-electron chi connectivity index (χ3n) is 6.98. The van der Waals surface area contributed by atoms with Crippen molar-refractivity contribution in [1.29, 1.82) is 0 Å². The van der Waals surface area contributed by atoms with Gasteiger partial charge < -0.3 is 9.84 Å². The van der Waals surface area contributed by atoms with E-state index in [1.54, 1.807) is 24.3 Å². The average molecular weight is 506 g/mol. The van der Waals surface area contributed by atoms with Crippen LogP contribution in [-0.2, 0) is 15.0 Å². The molecular weight excluding hydrogens is 474 g/mol. The molecule has 1 amide bonds. The molecule has 4 aromatic carbocycles. The number of rotatable bonds is 5. The average Bonchev–Trinajstić information content (AvgIpc) is 3.18. The zero-order valence-electron chi connectivity index (χ0n) is 22.1. The smallest absolute Gasteiger partial charge is 0.300 e. The molecule has 1 aliphatic heterocycles. The second kappa shape index (κ2) is 9.82. The van der Waals surface area contributed by atoms with E-state index in [1.165, 1.54) is 4.90 Å². The number of amides is 1. The summed E-state index contributed by atoms with van der Waals surface area (Å²) in [6.45, 7) is 8.75. The van der Waals surface area contributed by atoms with E-state index in [1.807, 2.05) is 73.7 Å². The summed E-state index contributed by atoms with van der Waals surface area (Å²) in [5, 5.41) is 13.3. The van der Waals surface area contributed by atoms with Crippen LogP contribution in [0.4, 0.5) is 5.69 Å². The standard InChI is InChI=1S/C33H31NO4/c1-5-38-25-13-8-12-23(20-25)30(35)28-29(22-16-18-24(19-17-22)33(2,3)4)34(32(37)31(28)36)27-15-9-11-21-10-6-7-14-26(21)27/h6-20,29,35H,5H2,1-4H3/b30-28+. The molecule has 0 bridgehead atoms. The largest absolute Gasteiger partial charge is 0.507 e. The van der Waals surface area contributed by atoms with E-state index in [2.05, 4.69) is 20.8 Å². The van der Waals surface area contributed by atoms with Gasteiger partial charge in [0.25, 0.3) is 11.7 Å². The minimum absolute atomic E-state index is 0.0556. The van der Waals surface area contributed by atoms with Crippen molar-refractivity contribution >= 4 is 33.9 Å². The predicted molar refractivity (Wildman–Crippen MR) is 151 cm³/mol. The van der Waals surface area contributed by atoms with Crippen LogP contribution in [0.3, 0.4) is 0 Å². The Hall–Kier alpha value is -4.38. The Kier molecular flexibility index (Phi) is 6.53. The lowest BCUT2D eigenvalue weighted by Crippen LogP contribution is -2.29. The number of hydrogen-bond acceptors (Lipinski definition) is 4. The molecule has 0 aliphatic carbocycles. The molecule has 0 aromatic heterocycles. The first-order chi connectivity index (χ1) is 18.2. The van der Waals surface area contributed by atoms with E-state index in [9.17, 15) is 14.7 Å². The van der Waals surface area contributed by atoms with Crippen LogP contribution in [0.15, 0.2) is 96.6 Å². The second-order valence-electron chi connectivity index (χ2n) is 10.5. The summed E-state index contributed by atoms with van der Waals surface area (Å²) < 4.78 is 5.61. The molecule has 5 rings (SSSR count). The molecule has 1 saturated heterocycles. The van der Waals surface area contributed by atoms with Gasteiger partial charge in [-0.15, -0.1) is 0 Å². The molecule has 1 heterocycles. The number of ether oxygens (including phenoxy) is 1. The lowest BCUT2D eigenvalue weighted by atomic mass is 9.85. The number of hydrogen-bond donors (Lipinski definition) is 1. The minimum Gasteiger partial charge on any atom is -0.507 e. The van der Waals surface area contributed by atoms with Crippen molar-refractivity contribution < 1.29 is 19.4 Å². The van der Waals surface area contributed by atoms with Gasteiger partial charge in [0.05, 0.1) is 23.9 Å². The number of carbonyl (C=O) groups is 2. The molecule has 1 unspecified atom stereocenters. The highest BCUT2D eigenvalue weighted by Crippen LogP contribution is 2.44.